The molecule has 3 atom stereocenters. The van der Waals surface area contributed by atoms with Gasteiger partial charge >= 0.3 is 12.1 Å². The van der Waals surface area contributed by atoms with Crippen LogP contribution in [-0.4, -0.2) is 77.5 Å². The van der Waals surface area contributed by atoms with Crippen molar-refractivity contribution in [1.82, 2.24) is 45.9 Å². The van der Waals surface area contributed by atoms with Gasteiger partial charge in [0.2, 0.25) is 17.7 Å². The predicted octanol–water partition coefficient (Wildman–Crippen LogP) is 12.3. The van der Waals surface area contributed by atoms with Gasteiger partial charge in [-0.15, -0.1) is 0 Å². The van der Waals surface area contributed by atoms with Crippen molar-refractivity contribution < 1.29 is 51.5 Å². The lowest BCUT2D eigenvalue weighted by atomic mass is 9.79. The Morgan fingerprint density at radius 1 is 0.366 bits per heavy atom. The molecule has 0 aliphatic rings. The SMILES string of the molecule is Cc1[nH]c2ccccc2c1CC(=O)N[C@@](C)(C(=O)Nc1ccc(C(OC(=O)C(F)(F)F)(c2ccc(NC(=O)[C@](C)(NC(=O)Cc3c(C)[nH]c4ccccc34)c3ccncc3)cc2)c2ccc(NC(=O)[C@](C)(NC(=O)Cc3c(C)[nH]c4ccccc34)c3ccncc3)cc2)cc1)c1ccncc1. The summed E-state index contributed by atoms with van der Waals surface area (Å²) in [6, 6.07) is 48.5. The highest BCUT2D eigenvalue weighted by Crippen LogP contribution is 2.44. The van der Waals surface area contributed by atoms with Crippen molar-refractivity contribution in [2.24, 2.45) is 0 Å². The number of carbonyl (C=O) groups excluding carboxylic acids is 7. The van der Waals surface area contributed by atoms with Crippen LogP contribution in [0.4, 0.5) is 30.2 Å². The Kier molecular flexibility index (Phi) is 18.8. The largest absolute Gasteiger partial charge is 0.490 e. The van der Waals surface area contributed by atoms with Gasteiger partial charge in [-0.2, -0.15) is 13.2 Å². The number of nitrogens with one attached hydrogen (secondary N) is 9. The molecule has 6 aromatic heterocycles. The Balaban J connectivity index is 0.891. The Morgan fingerprint density at radius 2 is 0.624 bits per heavy atom. The monoisotopic (exact) mass is 1360 g/mol. The number of halogens is 3. The number of esters is 1. The van der Waals surface area contributed by atoms with Gasteiger partial charge in [-0.25, -0.2) is 4.79 Å². The van der Waals surface area contributed by atoms with E-state index in [1.54, 1.807) is 36.4 Å². The number of rotatable bonds is 22. The molecule has 12 aromatic rings. The number of nitrogens with zero attached hydrogens (tertiary/aromatic N) is 3. The molecule has 6 heterocycles. The molecule has 0 unspecified atom stereocenters. The van der Waals surface area contributed by atoms with Crippen molar-refractivity contribution in [1.29, 1.82) is 0 Å². The summed E-state index contributed by atoms with van der Waals surface area (Å²) < 4.78 is 50.9. The van der Waals surface area contributed by atoms with E-state index in [0.717, 1.165) is 66.5 Å². The van der Waals surface area contributed by atoms with Crippen LogP contribution >= 0.6 is 0 Å². The van der Waals surface area contributed by atoms with Crippen molar-refractivity contribution in [2.45, 2.75) is 89.2 Å². The molecule has 101 heavy (non-hydrogen) atoms. The lowest BCUT2D eigenvalue weighted by Gasteiger charge is -2.36. The number of benzene rings is 6. The predicted molar refractivity (Wildman–Crippen MR) is 377 cm³/mol. The lowest BCUT2D eigenvalue weighted by molar-refractivity contribution is -0.209. The van der Waals surface area contributed by atoms with Crippen LogP contribution < -0.4 is 31.9 Å². The van der Waals surface area contributed by atoms with Crippen molar-refractivity contribution in [3.63, 3.8) is 0 Å². The molecule has 23 heteroatoms. The number of para-hydroxylation sites is 3. The van der Waals surface area contributed by atoms with Crippen molar-refractivity contribution in [3.05, 3.63) is 286 Å². The van der Waals surface area contributed by atoms with Gasteiger partial charge in [0, 0.05) is 121 Å². The number of aromatic nitrogens is 6. The molecule has 0 aliphatic carbocycles. The maximum Gasteiger partial charge on any atom is 0.490 e. The first-order valence-electron chi connectivity index (χ1n) is 32.3. The molecule has 6 amide bonds. The molecular formula is C78H69F3N12O8. The third-order valence-corrected chi connectivity index (χ3v) is 18.5. The standard InChI is InChI=1S/C78H69F3N12O8/c1-46-61(58-13-7-10-16-64(58)85-46)43-67(94)91-74(4,49-31-37-82-38-32-49)70(97)88-55-25-19-52(20-26-55)77(101-73(100)78(79,80)81,53-21-27-56(28-22-53)89-71(98)75(5,50-33-39-83-40-34-50)92-68(95)44-62-47(2)86-65-17-11-8-14-59(62)65)54-23-29-57(30-24-54)90-72(99)76(6,51-35-41-84-42-36-51)93-69(96)45-63-48(3)87-66-18-12-9-15-60(63)66/h7-42,85-87H,43-45H2,1-6H3,(H,88,97)(H,89,98)(H,90,99)(H,91,94)(H,92,95)(H,93,96)/t74-,75-,76-/m1/s1. The Bertz CT molecular complexity index is 4640. The molecule has 0 saturated heterocycles. The van der Waals surface area contributed by atoms with Gasteiger partial charge in [0.1, 0.15) is 16.6 Å². The lowest BCUT2D eigenvalue weighted by Crippen LogP contribution is -2.52. The van der Waals surface area contributed by atoms with E-state index in [4.69, 9.17) is 4.74 Å². The Labute approximate surface area is 577 Å². The quantitative estimate of drug-likeness (QED) is 0.0227. The number of pyridine rings is 3. The van der Waals surface area contributed by atoms with E-state index < -0.39 is 69.8 Å². The summed E-state index contributed by atoms with van der Waals surface area (Å²) in [5.41, 5.74) is 0.409. The van der Waals surface area contributed by atoms with Crippen LogP contribution in [0.5, 0.6) is 0 Å². The maximum absolute atomic E-state index is 15.0. The minimum atomic E-state index is -5.58. The van der Waals surface area contributed by atoms with Crippen molar-refractivity contribution >= 4 is 91.2 Å². The fourth-order valence-electron chi connectivity index (χ4n) is 13.0. The van der Waals surface area contributed by atoms with Gasteiger partial charge in [-0.3, -0.25) is 43.7 Å². The van der Waals surface area contributed by atoms with Crippen LogP contribution in [-0.2, 0) is 79.8 Å². The second-order valence-electron chi connectivity index (χ2n) is 25.2. The summed E-state index contributed by atoms with van der Waals surface area (Å²) in [6.45, 7) is 10.1. The highest BCUT2D eigenvalue weighted by molar-refractivity contribution is 6.04. The van der Waals surface area contributed by atoms with E-state index in [9.17, 15) is 33.6 Å². The highest BCUT2D eigenvalue weighted by Gasteiger charge is 2.50. The minimum Gasteiger partial charge on any atom is -0.438 e. The van der Waals surface area contributed by atoms with Gasteiger partial charge in [0.15, 0.2) is 5.60 Å². The Hall–Kier alpha value is -12.5. The first-order chi connectivity index (χ1) is 48.4. The summed E-state index contributed by atoms with van der Waals surface area (Å²) in [7, 11) is 0. The summed E-state index contributed by atoms with van der Waals surface area (Å²) in [5.74, 6) is -6.19. The van der Waals surface area contributed by atoms with Crippen LogP contribution in [0.25, 0.3) is 32.7 Å². The molecule has 0 radical (unpaired) electrons. The number of alkyl halides is 3. The molecule has 0 aliphatic heterocycles. The zero-order valence-corrected chi connectivity index (χ0v) is 55.6. The summed E-state index contributed by atoms with van der Waals surface area (Å²) in [6.07, 6.45) is 2.95. The number of fused-ring (bicyclic) bond motifs is 3. The average molecular weight is 1360 g/mol. The third kappa shape index (κ3) is 13.9. The van der Waals surface area contributed by atoms with Crippen LogP contribution in [0.2, 0.25) is 0 Å². The zero-order chi connectivity index (χ0) is 71.4. The Morgan fingerprint density at radius 3 is 0.881 bits per heavy atom. The second kappa shape index (κ2) is 27.8. The van der Waals surface area contributed by atoms with E-state index in [1.807, 2.05) is 93.6 Å². The number of carbonyl (C=O) groups is 7. The number of amides is 6. The van der Waals surface area contributed by atoms with Crippen LogP contribution in [0, 0.1) is 20.8 Å². The number of aryl methyl sites for hydroxylation is 3. The fraction of sp³-hybridized carbons (Fsp3) is 0.179. The number of hydrogen-bond donors (Lipinski definition) is 9. The zero-order valence-electron chi connectivity index (χ0n) is 55.6. The number of anilines is 3. The molecule has 0 spiro atoms. The highest BCUT2D eigenvalue weighted by atomic mass is 19.4. The van der Waals surface area contributed by atoms with Crippen LogP contribution in [0.3, 0.4) is 0 Å². The van der Waals surface area contributed by atoms with Gasteiger partial charge in [0.05, 0.1) is 19.3 Å². The smallest absolute Gasteiger partial charge is 0.438 e. The number of aromatic amines is 3. The topological polar surface area (TPSA) is 287 Å². The van der Waals surface area contributed by atoms with E-state index in [1.165, 1.54) is 131 Å². The third-order valence-electron chi connectivity index (χ3n) is 18.5. The van der Waals surface area contributed by atoms with Crippen molar-refractivity contribution in [2.75, 3.05) is 16.0 Å². The molecule has 0 bridgehead atoms. The second-order valence-corrected chi connectivity index (χ2v) is 25.2. The number of hydrogen-bond acceptors (Lipinski definition) is 11. The van der Waals surface area contributed by atoms with E-state index in [2.05, 4.69) is 61.8 Å². The molecule has 6 aromatic carbocycles. The summed E-state index contributed by atoms with van der Waals surface area (Å²) in [5, 5.41) is 19.9. The van der Waals surface area contributed by atoms with Crippen LogP contribution in [0.15, 0.2) is 219 Å². The van der Waals surface area contributed by atoms with Gasteiger partial charge in [0.25, 0.3) is 17.7 Å². The van der Waals surface area contributed by atoms with E-state index >= 15 is 13.2 Å². The first-order valence-corrected chi connectivity index (χ1v) is 32.3. The van der Waals surface area contributed by atoms with Gasteiger partial charge < -0.3 is 51.6 Å². The van der Waals surface area contributed by atoms with E-state index in [-0.39, 0.29) is 53.0 Å². The number of ether oxygens (including phenoxy) is 1. The summed E-state index contributed by atoms with van der Waals surface area (Å²) >= 11 is 0. The first kappa shape index (κ1) is 68.4. The molecule has 9 N–H and O–H groups in total. The molecule has 0 saturated carbocycles. The van der Waals surface area contributed by atoms with E-state index in [0.29, 0.717) is 16.7 Å². The average Bonchev–Trinajstić information content (AvgIpc) is 1.58. The molecule has 12 rings (SSSR count). The molecule has 0 fully saturated rings. The molecule has 510 valence electrons. The van der Waals surface area contributed by atoms with Gasteiger partial charge in [-0.05, 0) is 166 Å². The minimum absolute atomic E-state index is 0.0854. The number of H-pyrrole nitrogens is 3. The molecule has 20 nitrogen and oxygen atoms in total. The fourth-order valence-corrected chi connectivity index (χ4v) is 13.0. The van der Waals surface area contributed by atoms with Crippen molar-refractivity contribution in [3.8, 4) is 0 Å². The summed E-state index contributed by atoms with van der Waals surface area (Å²) in [4.78, 5) is 123. The maximum atomic E-state index is 15.0. The molecular weight excluding hydrogens is 1290 g/mol. The van der Waals surface area contributed by atoms with Crippen LogP contribution in [0.1, 0.15) is 87.9 Å². The van der Waals surface area contributed by atoms with Gasteiger partial charge in [-0.1, -0.05) is 91.0 Å². The normalized spacial score (nSPS) is 13.4.